The molecule has 1 amide bonds. The molecule has 0 bridgehead atoms. The molecule has 1 aliphatic rings. The van der Waals surface area contributed by atoms with Crippen molar-refractivity contribution in [2.45, 2.75) is 12.3 Å². The molecule has 2 N–H and O–H groups in total. The molecule has 15 heavy (non-hydrogen) atoms. The summed E-state index contributed by atoms with van der Waals surface area (Å²) < 4.78 is 5.19. The third-order valence-electron chi connectivity index (χ3n) is 2.60. The molecule has 1 aromatic rings. The summed E-state index contributed by atoms with van der Waals surface area (Å²) in [5.74, 6) is -1.78. The standard InChI is InChI=1S/C10H11NO4/c12-9-7(10(13)14)4-6(5-11-9)8-2-1-3-15-8/h1-3,6-7H,4-5H2,(H,11,12)(H,13,14)/t6-,7-/m0/s1. The van der Waals surface area contributed by atoms with Gasteiger partial charge in [-0.15, -0.1) is 0 Å². The van der Waals surface area contributed by atoms with Crippen LogP contribution in [0, 0.1) is 5.92 Å². The number of piperidine rings is 1. The van der Waals surface area contributed by atoms with Crippen molar-refractivity contribution in [1.82, 2.24) is 5.32 Å². The highest BCUT2D eigenvalue weighted by Gasteiger charge is 2.35. The van der Waals surface area contributed by atoms with Crippen molar-refractivity contribution in [3.8, 4) is 0 Å². The lowest BCUT2D eigenvalue weighted by Crippen LogP contribution is -2.43. The highest BCUT2D eigenvalue weighted by Crippen LogP contribution is 2.27. The second kappa shape index (κ2) is 3.76. The maximum absolute atomic E-state index is 11.2. The van der Waals surface area contributed by atoms with Crippen LogP contribution in [0.15, 0.2) is 22.8 Å². The lowest BCUT2D eigenvalue weighted by atomic mass is 9.88. The summed E-state index contributed by atoms with van der Waals surface area (Å²) in [4.78, 5) is 22.0. The number of carboxylic acid groups (broad SMARTS) is 1. The Kier molecular flexibility index (Phi) is 2.45. The monoisotopic (exact) mass is 209 g/mol. The molecule has 2 rings (SSSR count). The van der Waals surface area contributed by atoms with Gasteiger partial charge in [0.25, 0.3) is 0 Å². The first-order valence-corrected chi connectivity index (χ1v) is 4.72. The fraction of sp³-hybridized carbons (Fsp3) is 0.400. The Bertz CT molecular complexity index is 371. The molecule has 0 radical (unpaired) electrons. The number of hydrogen-bond acceptors (Lipinski definition) is 3. The van der Waals surface area contributed by atoms with Crippen LogP contribution < -0.4 is 5.32 Å². The molecule has 1 aromatic heterocycles. The van der Waals surface area contributed by atoms with E-state index in [1.807, 2.05) is 0 Å². The number of aliphatic carboxylic acids is 1. The minimum absolute atomic E-state index is 0.0428. The number of carboxylic acids is 1. The van der Waals surface area contributed by atoms with Gasteiger partial charge in [-0.25, -0.2) is 0 Å². The van der Waals surface area contributed by atoms with Crippen LogP contribution in [0.5, 0.6) is 0 Å². The van der Waals surface area contributed by atoms with Gasteiger partial charge in [-0.2, -0.15) is 0 Å². The Balaban J connectivity index is 2.12. The van der Waals surface area contributed by atoms with E-state index in [9.17, 15) is 9.59 Å². The fourth-order valence-corrected chi connectivity index (χ4v) is 1.78. The van der Waals surface area contributed by atoms with Crippen LogP contribution in [0.4, 0.5) is 0 Å². The Hall–Kier alpha value is -1.78. The van der Waals surface area contributed by atoms with Crippen molar-refractivity contribution in [3.63, 3.8) is 0 Å². The number of hydrogen-bond donors (Lipinski definition) is 2. The average molecular weight is 209 g/mol. The number of carbonyl (C=O) groups excluding carboxylic acids is 1. The first-order valence-electron chi connectivity index (χ1n) is 4.72. The van der Waals surface area contributed by atoms with Crippen molar-refractivity contribution in [2.75, 3.05) is 6.54 Å². The highest BCUT2D eigenvalue weighted by molar-refractivity contribution is 5.97. The van der Waals surface area contributed by atoms with Gasteiger partial charge in [0.15, 0.2) is 0 Å². The zero-order valence-electron chi connectivity index (χ0n) is 7.97. The average Bonchev–Trinajstić information content (AvgIpc) is 2.71. The van der Waals surface area contributed by atoms with Gasteiger partial charge >= 0.3 is 5.97 Å². The molecule has 0 unspecified atom stereocenters. The van der Waals surface area contributed by atoms with Crippen molar-refractivity contribution in [3.05, 3.63) is 24.2 Å². The summed E-state index contributed by atoms with van der Waals surface area (Å²) in [5, 5.41) is 11.4. The van der Waals surface area contributed by atoms with Gasteiger partial charge < -0.3 is 14.8 Å². The molecule has 5 nitrogen and oxygen atoms in total. The van der Waals surface area contributed by atoms with Crippen LogP contribution in [0.2, 0.25) is 0 Å². The SMILES string of the molecule is O=C(O)[C@H]1C[C@H](c2ccco2)CNC1=O. The van der Waals surface area contributed by atoms with E-state index in [1.165, 1.54) is 0 Å². The molecule has 1 aliphatic heterocycles. The van der Waals surface area contributed by atoms with Gasteiger partial charge in [0, 0.05) is 12.5 Å². The molecule has 2 atom stereocenters. The number of furan rings is 1. The Labute approximate surface area is 86.1 Å². The van der Waals surface area contributed by atoms with Crippen molar-refractivity contribution in [2.24, 2.45) is 5.92 Å². The van der Waals surface area contributed by atoms with Crippen LogP contribution >= 0.6 is 0 Å². The van der Waals surface area contributed by atoms with Gasteiger partial charge in [-0.05, 0) is 18.6 Å². The molecule has 0 aromatic carbocycles. The van der Waals surface area contributed by atoms with Crippen LogP contribution in [0.25, 0.3) is 0 Å². The Morgan fingerprint density at radius 3 is 3.00 bits per heavy atom. The number of carbonyl (C=O) groups is 2. The van der Waals surface area contributed by atoms with Gasteiger partial charge in [0.2, 0.25) is 5.91 Å². The van der Waals surface area contributed by atoms with E-state index in [0.29, 0.717) is 13.0 Å². The second-order valence-corrected chi connectivity index (χ2v) is 3.58. The predicted molar refractivity (Wildman–Crippen MR) is 50.2 cm³/mol. The van der Waals surface area contributed by atoms with Gasteiger partial charge in [-0.3, -0.25) is 9.59 Å². The smallest absolute Gasteiger partial charge is 0.316 e. The molecule has 5 heteroatoms. The molecule has 0 saturated carbocycles. The van der Waals surface area contributed by atoms with Crippen LogP contribution in [-0.2, 0) is 9.59 Å². The zero-order chi connectivity index (χ0) is 10.8. The molecule has 2 heterocycles. The normalized spacial score (nSPS) is 26.0. The largest absolute Gasteiger partial charge is 0.481 e. The minimum atomic E-state index is -1.08. The minimum Gasteiger partial charge on any atom is -0.481 e. The maximum Gasteiger partial charge on any atom is 0.316 e. The van der Waals surface area contributed by atoms with Crippen molar-refractivity contribution in [1.29, 1.82) is 0 Å². The quantitative estimate of drug-likeness (QED) is 0.698. The second-order valence-electron chi connectivity index (χ2n) is 3.58. The third-order valence-corrected chi connectivity index (χ3v) is 2.60. The predicted octanol–water partition coefficient (Wildman–Crippen LogP) is 0.584. The molecule has 0 aliphatic carbocycles. The first-order chi connectivity index (χ1) is 7.18. The van der Waals surface area contributed by atoms with Crippen molar-refractivity contribution >= 4 is 11.9 Å². The van der Waals surface area contributed by atoms with E-state index in [4.69, 9.17) is 9.52 Å². The third kappa shape index (κ3) is 1.86. The lowest BCUT2D eigenvalue weighted by Gasteiger charge is -2.25. The molecule has 1 fully saturated rings. The van der Waals surface area contributed by atoms with E-state index >= 15 is 0 Å². The maximum atomic E-state index is 11.2. The van der Waals surface area contributed by atoms with Crippen LogP contribution in [-0.4, -0.2) is 23.5 Å². The number of nitrogens with one attached hydrogen (secondary N) is 1. The van der Waals surface area contributed by atoms with Crippen LogP contribution in [0.1, 0.15) is 18.1 Å². The molecule has 1 saturated heterocycles. The van der Waals surface area contributed by atoms with Gasteiger partial charge in [0.1, 0.15) is 11.7 Å². The molecular weight excluding hydrogens is 198 g/mol. The summed E-state index contributed by atoms with van der Waals surface area (Å²) in [6, 6.07) is 3.54. The van der Waals surface area contributed by atoms with E-state index in [-0.39, 0.29) is 5.92 Å². The fourth-order valence-electron chi connectivity index (χ4n) is 1.78. The van der Waals surface area contributed by atoms with Gasteiger partial charge in [0.05, 0.1) is 6.26 Å². The summed E-state index contributed by atoms with van der Waals surface area (Å²) in [6.45, 7) is 0.441. The molecule has 0 spiro atoms. The molecular formula is C10H11NO4. The first kappa shape index (κ1) is 9.76. The van der Waals surface area contributed by atoms with Gasteiger partial charge in [-0.1, -0.05) is 0 Å². The van der Waals surface area contributed by atoms with E-state index in [1.54, 1.807) is 18.4 Å². The Morgan fingerprint density at radius 1 is 1.60 bits per heavy atom. The van der Waals surface area contributed by atoms with E-state index in [0.717, 1.165) is 5.76 Å². The summed E-state index contributed by atoms with van der Waals surface area (Å²) >= 11 is 0. The highest BCUT2D eigenvalue weighted by atomic mass is 16.4. The molecule has 80 valence electrons. The summed E-state index contributed by atoms with van der Waals surface area (Å²) in [7, 11) is 0. The summed E-state index contributed by atoms with van der Waals surface area (Å²) in [5.41, 5.74) is 0. The number of amides is 1. The zero-order valence-corrected chi connectivity index (χ0v) is 7.97. The van der Waals surface area contributed by atoms with Crippen molar-refractivity contribution < 1.29 is 19.1 Å². The number of rotatable bonds is 2. The lowest BCUT2D eigenvalue weighted by molar-refractivity contribution is -0.148. The van der Waals surface area contributed by atoms with Crippen LogP contribution in [0.3, 0.4) is 0 Å². The van der Waals surface area contributed by atoms with E-state index in [2.05, 4.69) is 5.32 Å². The van der Waals surface area contributed by atoms with E-state index < -0.39 is 17.8 Å². The summed E-state index contributed by atoms with van der Waals surface area (Å²) in [6.07, 6.45) is 1.84. The Morgan fingerprint density at radius 2 is 2.40 bits per heavy atom. The topological polar surface area (TPSA) is 79.5 Å².